The van der Waals surface area contributed by atoms with Crippen molar-refractivity contribution in [2.24, 2.45) is 0 Å². The van der Waals surface area contributed by atoms with Crippen LogP contribution in [0.2, 0.25) is 0 Å². The molecular weight excluding hydrogens is 234 g/mol. The van der Waals surface area contributed by atoms with Gasteiger partial charge < -0.3 is 0 Å². The van der Waals surface area contributed by atoms with E-state index in [0.717, 1.165) is 16.3 Å². The van der Waals surface area contributed by atoms with Gasteiger partial charge in [-0.15, -0.1) is 0 Å². The molecular formula is C13H15NO2S. The summed E-state index contributed by atoms with van der Waals surface area (Å²) in [7, 11) is -3.17. The van der Waals surface area contributed by atoms with E-state index in [1.54, 1.807) is 0 Å². The first-order valence-corrected chi connectivity index (χ1v) is 7.31. The summed E-state index contributed by atoms with van der Waals surface area (Å²) >= 11 is 0. The average Bonchev–Trinajstić information content (AvgIpc) is 2.26. The molecule has 0 fully saturated rings. The molecule has 0 aromatic heterocycles. The summed E-state index contributed by atoms with van der Waals surface area (Å²) in [5.41, 5.74) is 0.967. The Morgan fingerprint density at radius 1 is 1.06 bits per heavy atom. The molecule has 17 heavy (non-hydrogen) atoms. The minimum atomic E-state index is -3.17. The molecule has 0 radical (unpaired) electrons. The fraction of sp³-hybridized carbons (Fsp3) is 0.231. The molecule has 0 amide bonds. The zero-order valence-electron chi connectivity index (χ0n) is 9.84. The maximum absolute atomic E-state index is 11.2. The Hall–Kier alpha value is -1.39. The van der Waals surface area contributed by atoms with Gasteiger partial charge in [0.15, 0.2) is 0 Å². The summed E-state index contributed by atoms with van der Waals surface area (Å²) in [5.74, 6) is 0. The van der Waals surface area contributed by atoms with Crippen molar-refractivity contribution in [3.63, 3.8) is 0 Å². The fourth-order valence-electron chi connectivity index (χ4n) is 1.87. The van der Waals surface area contributed by atoms with Crippen molar-refractivity contribution in [2.45, 2.75) is 13.0 Å². The first-order valence-electron chi connectivity index (χ1n) is 5.42. The van der Waals surface area contributed by atoms with Gasteiger partial charge in [-0.05, 0) is 29.3 Å². The van der Waals surface area contributed by atoms with Gasteiger partial charge in [-0.1, -0.05) is 36.4 Å². The van der Waals surface area contributed by atoms with E-state index in [0.29, 0.717) is 0 Å². The first-order chi connectivity index (χ1) is 7.96. The van der Waals surface area contributed by atoms with Crippen molar-refractivity contribution in [1.29, 1.82) is 0 Å². The first kappa shape index (κ1) is 12.1. The van der Waals surface area contributed by atoms with Gasteiger partial charge in [0, 0.05) is 6.04 Å². The molecule has 0 saturated heterocycles. The van der Waals surface area contributed by atoms with Gasteiger partial charge in [0.05, 0.1) is 6.26 Å². The number of nitrogens with one attached hydrogen (secondary N) is 1. The van der Waals surface area contributed by atoms with Crippen LogP contribution in [0.5, 0.6) is 0 Å². The lowest BCUT2D eigenvalue weighted by Gasteiger charge is -2.13. The zero-order chi connectivity index (χ0) is 12.5. The SMILES string of the molecule is CC(NS(C)(=O)=O)c1ccc2ccccc2c1. The number of fused-ring (bicyclic) bond motifs is 1. The molecule has 4 heteroatoms. The number of benzene rings is 2. The lowest BCUT2D eigenvalue weighted by molar-refractivity contribution is 0.573. The van der Waals surface area contributed by atoms with Crippen LogP contribution in [0.3, 0.4) is 0 Å². The quantitative estimate of drug-likeness (QED) is 0.908. The number of rotatable bonds is 3. The lowest BCUT2D eigenvalue weighted by atomic mass is 10.0. The van der Waals surface area contributed by atoms with Crippen LogP contribution >= 0.6 is 0 Å². The topological polar surface area (TPSA) is 46.2 Å². The molecule has 90 valence electrons. The Bertz CT molecular complexity index is 635. The molecule has 0 bridgehead atoms. The molecule has 1 N–H and O–H groups in total. The molecule has 0 aliphatic rings. The zero-order valence-corrected chi connectivity index (χ0v) is 10.7. The van der Waals surface area contributed by atoms with Gasteiger partial charge in [0.25, 0.3) is 0 Å². The maximum atomic E-state index is 11.2. The second-order valence-electron chi connectivity index (χ2n) is 4.22. The van der Waals surface area contributed by atoms with Crippen molar-refractivity contribution < 1.29 is 8.42 Å². The molecule has 0 aliphatic carbocycles. The summed E-state index contributed by atoms with van der Waals surface area (Å²) in [4.78, 5) is 0. The second-order valence-corrected chi connectivity index (χ2v) is 6.00. The molecule has 0 heterocycles. The summed E-state index contributed by atoms with van der Waals surface area (Å²) in [6, 6.07) is 13.8. The summed E-state index contributed by atoms with van der Waals surface area (Å²) in [5, 5.41) is 2.27. The normalized spacial score (nSPS) is 13.8. The van der Waals surface area contributed by atoms with E-state index in [4.69, 9.17) is 0 Å². The van der Waals surface area contributed by atoms with E-state index in [9.17, 15) is 8.42 Å². The molecule has 2 rings (SSSR count). The Morgan fingerprint density at radius 3 is 2.35 bits per heavy atom. The molecule has 0 aliphatic heterocycles. The number of hydrogen-bond donors (Lipinski definition) is 1. The molecule has 2 aromatic carbocycles. The predicted molar refractivity (Wildman–Crippen MR) is 70.3 cm³/mol. The van der Waals surface area contributed by atoms with Crippen molar-refractivity contribution in [3.05, 3.63) is 48.0 Å². The monoisotopic (exact) mass is 249 g/mol. The molecule has 3 nitrogen and oxygen atoms in total. The Labute approximate surface area is 102 Å². The van der Waals surface area contributed by atoms with Crippen LogP contribution in [0.1, 0.15) is 18.5 Å². The summed E-state index contributed by atoms with van der Waals surface area (Å²) < 4.78 is 24.9. The molecule has 0 spiro atoms. The Kier molecular flexibility index (Phi) is 3.17. The van der Waals surface area contributed by atoms with E-state index in [1.807, 2.05) is 49.4 Å². The highest BCUT2D eigenvalue weighted by Crippen LogP contribution is 2.20. The molecule has 0 saturated carbocycles. The second kappa shape index (κ2) is 4.47. The minimum absolute atomic E-state index is 0.213. The highest BCUT2D eigenvalue weighted by Gasteiger charge is 2.10. The van der Waals surface area contributed by atoms with E-state index in [-0.39, 0.29) is 6.04 Å². The largest absolute Gasteiger partial charge is 0.213 e. The van der Waals surface area contributed by atoms with Crippen molar-refractivity contribution >= 4 is 20.8 Å². The third kappa shape index (κ3) is 3.05. The third-order valence-corrected chi connectivity index (χ3v) is 3.45. The maximum Gasteiger partial charge on any atom is 0.209 e. The molecule has 1 unspecified atom stereocenters. The molecule has 2 aromatic rings. The number of hydrogen-bond acceptors (Lipinski definition) is 2. The van der Waals surface area contributed by atoms with Crippen molar-refractivity contribution in [2.75, 3.05) is 6.26 Å². The third-order valence-electron chi connectivity index (χ3n) is 2.66. The standard InChI is InChI=1S/C13H15NO2S/c1-10(14-17(2,15)16)12-8-7-11-5-3-4-6-13(11)9-12/h3-10,14H,1-2H3. The summed E-state index contributed by atoms with van der Waals surface area (Å²) in [6.45, 7) is 1.84. The smallest absolute Gasteiger partial charge is 0.209 e. The minimum Gasteiger partial charge on any atom is -0.213 e. The van der Waals surface area contributed by atoms with Crippen LogP contribution in [-0.2, 0) is 10.0 Å². The van der Waals surface area contributed by atoms with Crippen LogP contribution in [0.15, 0.2) is 42.5 Å². The molecule has 1 atom stereocenters. The van der Waals surface area contributed by atoms with Gasteiger partial charge in [-0.25, -0.2) is 13.1 Å². The van der Waals surface area contributed by atoms with Gasteiger partial charge >= 0.3 is 0 Å². The van der Waals surface area contributed by atoms with Crippen LogP contribution < -0.4 is 4.72 Å². The van der Waals surface area contributed by atoms with Crippen molar-refractivity contribution in [1.82, 2.24) is 4.72 Å². The fourth-order valence-corrected chi connectivity index (χ4v) is 2.64. The highest BCUT2D eigenvalue weighted by atomic mass is 32.2. The van der Waals surface area contributed by atoms with Crippen LogP contribution in [0, 0.1) is 0 Å². The van der Waals surface area contributed by atoms with E-state index in [1.165, 1.54) is 6.26 Å². The van der Waals surface area contributed by atoms with Gasteiger partial charge in [-0.2, -0.15) is 0 Å². The average molecular weight is 249 g/mol. The Balaban J connectivity index is 2.36. The predicted octanol–water partition coefficient (Wildman–Crippen LogP) is 2.45. The van der Waals surface area contributed by atoms with Crippen LogP contribution in [-0.4, -0.2) is 14.7 Å². The van der Waals surface area contributed by atoms with Gasteiger partial charge in [0.2, 0.25) is 10.0 Å². The highest BCUT2D eigenvalue weighted by molar-refractivity contribution is 7.88. The lowest BCUT2D eigenvalue weighted by Crippen LogP contribution is -2.25. The number of sulfonamides is 1. The van der Waals surface area contributed by atoms with E-state index < -0.39 is 10.0 Å². The summed E-state index contributed by atoms with van der Waals surface area (Å²) in [6.07, 6.45) is 1.17. The van der Waals surface area contributed by atoms with Crippen LogP contribution in [0.25, 0.3) is 10.8 Å². The van der Waals surface area contributed by atoms with Crippen molar-refractivity contribution in [3.8, 4) is 0 Å². The van der Waals surface area contributed by atoms with Gasteiger partial charge in [-0.3, -0.25) is 0 Å². The van der Waals surface area contributed by atoms with E-state index in [2.05, 4.69) is 4.72 Å². The Morgan fingerprint density at radius 2 is 1.71 bits per heavy atom. The van der Waals surface area contributed by atoms with E-state index >= 15 is 0 Å². The van der Waals surface area contributed by atoms with Gasteiger partial charge in [0.1, 0.15) is 0 Å². The van der Waals surface area contributed by atoms with Crippen LogP contribution in [0.4, 0.5) is 0 Å².